The molecule has 0 heterocycles. The minimum atomic E-state index is -1.00. The van der Waals surface area contributed by atoms with Crippen molar-refractivity contribution in [1.82, 2.24) is 0 Å². The second-order valence-corrected chi connectivity index (χ2v) is 6.56. The summed E-state index contributed by atoms with van der Waals surface area (Å²) in [5, 5.41) is 17.3. The van der Waals surface area contributed by atoms with Gasteiger partial charge in [0.25, 0.3) is 0 Å². The number of nitrogens with two attached hydrogens (primary N) is 3. The van der Waals surface area contributed by atoms with Gasteiger partial charge in [-0.25, -0.2) is 4.39 Å². The molecule has 162 valence electrons. The standard InChI is InChI=1S/C15H13FO2.C6H14N4O2/c1-10(15(17)18)12-7-8-13(14(16)9-12)11-5-3-2-4-6-11;7-4(5(11)12)2-1-3-10-6(8)9/h2-10H,1H3,(H,17,18);4H,1-3,7H2,(H,11,12)(H4,8,9,10)/t;4-/m.0/s1. The van der Waals surface area contributed by atoms with Crippen LogP contribution >= 0.6 is 0 Å². The van der Waals surface area contributed by atoms with Crippen molar-refractivity contribution in [2.45, 2.75) is 31.7 Å². The Kier molecular flexibility index (Phi) is 9.98. The van der Waals surface area contributed by atoms with E-state index in [4.69, 9.17) is 27.4 Å². The minimum absolute atomic E-state index is 0.0129. The van der Waals surface area contributed by atoms with Gasteiger partial charge in [-0.05, 0) is 37.0 Å². The van der Waals surface area contributed by atoms with Crippen molar-refractivity contribution in [2.75, 3.05) is 6.54 Å². The molecule has 2 aromatic carbocycles. The van der Waals surface area contributed by atoms with E-state index in [1.54, 1.807) is 19.1 Å². The number of guanidine groups is 1. The quantitative estimate of drug-likeness (QED) is 0.249. The summed E-state index contributed by atoms with van der Waals surface area (Å²) in [7, 11) is 0. The zero-order chi connectivity index (χ0) is 22.7. The molecule has 0 aromatic heterocycles. The first kappa shape index (κ1) is 24.6. The zero-order valence-electron chi connectivity index (χ0n) is 16.7. The topological polar surface area (TPSA) is 165 Å². The summed E-state index contributed by atoms with van der Waals surface area (Å²) in [6.45, 7) is 1.96. The van der Waals surface area contributed by atoms with Crippen molar-refractivity contribution in [3.63, 3.8) is 0 Å². The van der Waals surface area contributed by atoms with Crippen LogP contribution in [0.5, 0.6) is 0 Å². The molecule has 0 amide bonds. The van der Waals surface area contributed by atoms with E-state index in [2.05, 4.69) is 4.99 Å². The Morgan fingerprint density at radius 3 is 2.20 bits per heavy atom. The van der Waals surface area contributed by atoms with Crippen LogP contribution in [0.3, 0.4) is 0 Å². The van der Waals surface area contributed by atoms with Crippen LogP contribution in [0.25, 0.3) is 11.1 Å². The second-order valence-electron chi connectivity index (χ2n) is 6.56. The number of carboxylic acid groups (broad SMARTS) is 2. The van der Waals surface area contributed by atoms with Gasteiger partial charge in [-0.1, -0.05) is 42.5 Å². The molecule has 0 spiro atoms. The molecule has 0 aliphatic carbocycles. The molecule has 2 rings (SSSR count). The molecule has 8 N–H and O–H groups in total. The van der Waals surface area contributed by atoms with E-state index in [0.717, 1.165) is 5.56 Å². The van der Waals surface area contributed by atoms with Crippen LogP contribution in [0, 0.1) is 5.82 Å². The molecule has 0 radical (unpaired) electrons. The molecule has 1 unspecified atom stereocenters. The van der Waals surface area contributed by atoms with Crippen molar-refractivity contribution >= 4 is 17.9 Å². The summed E-state index contributed by atoms with van der Waals surface area (Å²) >= 11 is 0. The van der Waals surface area contributed by atoms with Gasteiger partial charge in [0.15, 0.2) is 5.96 Å². The molecule has 30 heavy (non-hydrogen) atoms. The number of rotatable bonds is 8. The average Bonchev–Trinajstić information content (AvgIpc) is 2.71. The van der Waals surface area contributed by atoms with E-state index in [9.17, 15) is 14.0 Å². The molecule has 9 heteroatoms. The monoisotopic (exact) mass is 418 g/mol. The summed E-state index contributed by atoms with van der Waals surface area (Å²) in [4.78, 5) is 24.7. The Hall–Kier alpha value is -3.46. The molecule has 0 aliphatic rings. The average molecular weight is 418 g/mol. The van der Waals surface area contributed by atoms with Gasteiger partial charge in [0.05, 0.1) is 5.92 Å². The van der Waals surface area contributed by atoms with E-state index in [1.165, 1.54) is 6.07 Å². The number of hydrogen-bond donors (Lipinski definition) is 5. The first-order valence-corrected chi connectivity index (χ1v) is 9.25. The first-order chi connectivity index (χ1) is 14.1. The van der Waals surface area contributed by atoms with E-state index in [1.807, 2.05) is 30.3 Å². The van der Waals surface area contributed by atoms with Crippen LogP contribution in [0.15, 0.2) is 53.5 Å². The van der Waals surface area contributed by atoms with Crippen LogP contribution in [0.1, 0.15) is 31.2 Å². The number of hydrogen-bond acceptors (Lipinski definition) is 4. The lowest BCUT2D eigenvalue weighted by molar-refractivity contribution is -0.139. The maximum Gasteiger partial charge on any atom is 0.320 e. The van der Waals surface area contributed by atoms with Gasteiger partial charge >= 0.3 is 11.9 Å². The van der Waals surface area contributed by atoms with Crippen molar-refractivity contribution in [2.24, 2.45) is 22.2 Å². The van der Waals surface area contributed by atoms with E-state index in [-0.39, 0.29) is 5.96 Å². The van der Waals surface area contributed by atoms with Crippen LogP contribution in [-0.4, -0.2) is 40.7 Å². The summed E-state index contributed by atoms with van der Waals surface area (Å²) in [6, 6.07) is 12.9. The molecule has 2 aromatic rings. The van der Waals surface area contributed by atoms with Gasteiger partial charge in [0.1, 0.15) is 11.9 Å². The SMILES string of the molecule is CC(C(=O)O)c1ccc(-c2ccccc2)c(F)c1.NC(N)=NCCC[C@H](N)C(=O)O. The Balaban J connectivity index is 0.000000329. The molecule has 0 saturated carbocycles. The molecule has 0 aliphatic heterocycles. The number of nitrogens with zero attached hydrogens (tertiary/aromatic N) is 1. The third kappa shape index (κ3) is 8.27. The maximum absolute atomic E-state index is 14.0. The Morgan fingerprint density at radius 2 is 1.70 bits per heavy atom. The zero-order valence-corrected chi connectivity index (χ0v) is 16.7. The third-order valence-corrected chi connectivity index (χ3v) is 4.23. The number of carboxylic acids is 2. The van der Waals surface area contributed by atoms with Crippen molar-refractivity contribution in [1.29, 1.82) is 0 Å². The Labute approximate surface area is 174 Å². The van der Waals surface area contributed by atoms with Crippen molar-refractivity contribution in [3.05, 3.63) is 59.9 Å². The lowest BCUT2D eigenvalue weighted by Crippen LogP contribution is -2.30. The largest absolute Gasteiger partial charge is 0.481 e. The van der Waals surface area contributed by atoms with Gasteiger partial charge < -0.3 is 27.4 Å². The number of benzene rings is 2. The highest BCUT2D eigenvalue weighted by Gasteiger charge is 2.15. The molecule has 8 nitrogen and oxygen atoms in total. The predicted molar refractivity (Wildman–Crippen MR) is 113 cm³/mol. The van der Waals surface area contributed by atoms with Gasteiger partial charge in [-0.2, -0.15) is 0 Å². The van der Waals surface area contributed by atoms with Crippen molar-refractivity contribution < 1.29 is 24.2 Å². The minimum Gasteiger partial charge on any atom is -0.481 e. The highest BCUT2D eigenvalue weighted by Crippen LogP contribution is 2.26. The fraction of sp³-hybridized carbons (Fsp3) is 0.286. The van der Waals surface area contributed by atoms with E-state index < -0.39 is 29.7 Å². The number of carbonyl (C=O) groups is 2. The molecule has 2 atom stereocenters. The van der Waals surface area contributed by atoms with Crippen LogP contribution in [-0.2, 0) is 9.59 Å². The van der Waals surface area contributed by atoms with Crippen LogP contribution < -0.4 is 17.2 Å². The smallest absolute Gasteiger partial charge is 0.320 e. The van der Waals surface area contributed by atoms with E-state index in [0.29, 0.717) is 30.5 Å². The van der Waals surface area contributed by atoms with Gasteiger partial charge in [0.2, 0.25) is 0 Å². The molecule has 0 saturated heterocycles. The van der Waals surface area contributed by atoms with Gasteiger partial charge in [0, 0.05) is 12.1 Å². The fourth-order valence-electron chi connectivity index (χ4n) is 2.44. The lowest BCUT2D eigenvalue weighted by Gasteiger charge is -2.09. The summed E-state index contributed by atoms with van der Waals surface area (Å²) in [5.74, 6) is -3.04. The lowest BCUT2D eigenvalue weighted by atomic mass is 9.97. The van der Waals surface area contributed by atoms with Gasteiger partial charge in [-0.15, -0.1) is 0 Å². The normalized spacial score (nSPS) is 12.1. The van der Waals surface area contributed by atoms with Crippen LogP contribution in [0.4, 0.5) is 4.39 Å². The molecule has 0 bridgehead atoms. The first-order valence-electron chi connectivity index (χ1n) is 9.25. The molecular formula is C21H27FN4O4. The maximum atomic E-state index is 14.0. The second kappa shape index (κ2) is 12.2. The number of aliphatic imine (C=N–C) groups is 1. The summed E-state index contributed by atoms with van der Waals surface area (Å²) < 4.78 is 14.0. The highest BCUT2D eigenvalue weighted by atomic mass is 19.1. The fourth-order valence-corrected chi connectivity index (χ4v) is 2.44. The van der Waals surface area contributed by atoms with Crippen molar-refractivity contribution in [3.8, 4) is 11.1 Å². The van der Waals surface area contributed by atoms with Crippen LogP contribution in [0.2, 0.25) is 0 Å². The molecule has 0 fully saturated rings. The number of halogens is 1. The predicted octanol–water partition coefficient (Wildman–Crippen LogP) is 2.13. The number of aliphatic carboxylic acids is 2. The van der Waals surface area contributed by atoms with Gasteiger partial charge in [-0.3, -0.25) is 14.6 Å². The Bertz CT molecular complexity index is 871. The highest BCUT2D eigenvalue weighted by molar-refractivity contribution is 5.76. The Morgan fingerprint density at radius 1 is 1.07 bits per heavy atom. The molecular weight excluding hydrogens is 391 g/mol. The summed E-state index contributed by atoms with van der Waals surface area (Å²) in [6.07, 6.45) is 0.956. The third-order valence-electron chi connectivity index (χ3n) is 4.23. The van der Waals surface area contributed by atoms with E-state index >= 15 is 0 Å². The summed E-state index contributed by atoms with van der Waals surface area (Å²) in [5.41, 5.74) is 17.1.